The van der Waals surface area contributed by atoms with E-state index in [9.17, 15) is 13.2 Å². The third-order valence-corrected chi connectivity index (χ3v) is 5.95. The van der Waals surface area contributed by atoms with Crippen LogP contribution < -0.4 is 10.0 Å². The predicted octanol–water partition coefficient (Wildman–Crippen LogP) is 3.52. The molecule has 0 spiro atoms. The summed E-state index contributed by atoms with van der Waals surface area (Å²) >= 11 is 12.8. The first-order valence-electron chi connectivity index (χ1n) is 6.05. The fourth-order valence-electron chi connectivity index (χ4n) is 1.77. The fourth-order valence-corrected chi connectivity index (χ4v) is 4.22. The molecule has 1 aromatic heterocycles. The molecule has 2 aromatic rings. The Bertz CT molecular complexity index is 832. The van der Waals surface area contributed by atoms with Gasteiger partial charge in [0.05, 0.1) is 14.8 Å². The Kier molecular flexibility index (Phi) is 5.14. The van der Waals surface area contributed by atoms with Gasteiger partial charge in [0.1, 0.15) is 4.34 Å². The lowest BCUT2D eigenvalue weighted by Crippen LogP contribution is -2.20. The van der Waals surface area contributed by atoms with E-state index in [0.717, 1.165) is 11.3 Å². The molecule has 0 fully saturated rings. The molecule has 2 rings (SSSR count). The van der Waals surface area contributed by atoms with E-state index in [0.29, 0.717) is 15.6 Å². The zero-order valence-corrected chi connectivity index (χ0v) is 14.8. The standard InChI is InChI=1S/C13H12Cl2N2O3S2/c1-7-3-4-8(5-10(7)22(19,20)16-2)17-13(18)9-6-11(14)21-12(9)15/h3-6,16H,1-2H3,(H,17,18). The van der Waals surface area contributed by atoms with Crippen LogP contribution in [-0.2, 0) is 10.0 Å². The number of thiophene rings is 1. The average molecular weight is 379 g/mol. The predicted molar refractivity (Wildman–Crippen MR) is 89.7 cm³/mol. The molecule has 0 saturated carbocycles. The Labute approximate surface area is 142 Å². The van der Waals surface area contributed by atoms with Crippen LogP contribution in [0.2, 0.25) is 8.67 Å². The van der Waals surface area contributed by atoms with Crippen molar-refractivity contribution in [1.29, 1.82) is 0 Å². The van der Waals surface area contributed by atoms with Crippen molar-refractivity contribution in [2.24, 2.45) is 0 Å². The van der Waals surface area contributed by atoms with Crippen molar-refractivity contribution in [3.05, 3.63) is 44.1 Å². The zero-order valence-electron chi connectivity index (χ0n) is 11.6. The number of hydrogen-bond acceptors (Lipinski definition) is 4. The second-order valence-electron chi connectivity index (χ2n) is 4.38. The SMILES string of the molecule is CNS(=O)(=O)c1cc(NC(=O)c2cc(Cl)sc2Cl)ccc1C. The Morgan fingerprint density at radius 1 is 1.23 bits per heavy atom. The fraction of sp³-hybridized carbons (Fsp3) is 0.154. The van der Waals surface area contributed by atoms with Crippen molar-refractivity contribution in [2.45, 2.75) is 11.8 Å². The van der Waals surface area contributed by atoms with Gasteiger partial charge in [-0.1, -0.05) is 29.3 Å². The highest BCUT2D eigenvalue weighted by Gasteiger charge is 2.18. The molecule has 0 radical (unpaired) electrons. The second kappa shape index (κ2) is 6.55. The van der Waals surface area contributed by atoms with Crippen LogP contribution in [0.4, 0.5) is 5.69 Å². The van der Waals surface area contributed by atoms with Gasteiger partial charge in [0.25, 0.3) is 5.91 Å². The van der Waals surface area contributed by atoms with E-state index >= 15 is 0 Å². The highest BCUT2D eigenvalue weighted by atomic mass is 35.5. The van der Waals surface area contributed by atoms with Crippen molar-refractivity contribution < 1.29 is 13.2 Å². The summed E-state index contributed by atoms with van der Waals surface area (Å²) in [5.74, 6) is -0.454. The number of anilines is 1. The molecule has 0 bridgehead atoms. The molecule has 2 N–H and O–H groups in total. The van der Waals surface area contributed by atoms with E-state index in [4.69, 9.17) is 23.2 Å². The van der Waals surface area contributed by atoms with Crippen LogP contribution in [0.3, 0.4) is 0 Å². The van der Waals surface area contributed by atoms with E-state index in [1.54, 1.807) is 19.1 Å². The van der Waals surface area contributed by atoms with E-state index in [2.05, 4.69) is 10.0 Å². The monoisotopic (exact) mass is 378 g/mol. The first-order valence-corrected chi connectivity index (χ1v) is 9.10. The molecule has 0 aliphatic carbocycles. The third kappa shape index (κ3) is 3.61. The third-order valence-electron chi connectivity index (χ3n) is 2.91. The second-order valence-corrected chi connectivity index (χ2v) is 8.52. The topological polar surface area (TPSA) is 75.3 Å². The van der Waals surface area contributed by atoms with Gasteiger partial charge in [-0.05, 0) is 37.7 Å². The van der Waals surface area contributed by atoms with Crippen molar-refractivity contribution >= 4 is 56.2 Å². The highest BCUT2D eigenvalue weighted by molar-refractivity contribution is 7.89. The highest BCUT2D eigenvalue weighted by Crippen LogP contribution is 2.31. The van der Waals surface area contributed by atoms with Crippen molar-refractivity contribution in [1.82, 2.24) is 4.72 Å². The van der Waals surface area contributed by atoms with Crippen LogP contribution in [-0.4, -0.2) is 21.4 Å². The quantitative estimate of drug-likeness (QED) is 0.854. The molecule has 0 aliphatic heterocycles. The smallest absolute Gasteiger partial charge is 0.258 e. The first kappa shape index (κ1) is 17.2. The minimum atomic E-state index is -3.60. The Hall–Kier alpha value is -1.12. The molecule has 22 heavy (non-hydrogen) atoms. The van der Waals surface area contributed by atoms with E-state index < -0.39 is 15.9 Å². The van der Waals surface area contributed by atoms with Crippen molar-refractivity contribution in [2.75, 3.05) is 12.4 Å². The maximum atomic E-state index is 12.2. The van der Waals surface area contributed by atoms with Crippen LogP contribution in [0.25, 0.3) is 0 Å². The van der Waals surface area contributed by atoms with Gasteiger partial charge >= 0.3 is 0 Å². The normalized spacial score (nSPS) is 11.5. The molecule has 0 aliphatic rings. The molecule has 0 saturated heterocycles. The number of aryl methyl sites for hydroxylation is 1. The summed E-state index contributed by atoms with van der Waals surface area (Å²) in [4.78, 5) is 12.3. The number of rotatable bonds is 4. The molecule has 1 amide bonds. The lowest BCUT2D eigenvalue weighted by Gasteiger charge is -2.10. The van der Waals surface area contributed by atoms with Gasteiger partial charge in [-0.2, -0.15) is 0 Å². The number of carbonyl (C=O) groups is 1. The Balaban J connectivity index is 2.33. The largest absolute Gasteiger partial charge is 0.322 e. The van der Waals surface area contributed by atoms with E-state index in [1.165, 1.54) is 19.2 Å². The van der Waals surface area contributed by atoms with Gasteiger partial charge < -0.3 is 5.32 Å². The zero-order chi connectivity index (χ0) is 16.5. The van der Waals surface area contributed by atoms with Crippen LogP contribution >= 0.6 is 34.5 Å². The molecular weight excluding hydrogens is 367 g/mol. The van der Waals surface area contributed by atoms with Gasteiger partial charge in [0.2, 0.25) is 10.0 Å². The summed E-state index contributed by atoms with van der Waals surface area (Å²) in [6, 6.07) is 6.08. The summed E-state index contributed by atoms with van der Waals surface area (Å²) in [6.45, 7) is 1.67. The lowest BCUT2D eigenvalue weighted by atomic mass is 10.2. The van der Waals surface area contributed by atoms with Crippen LogP contribution in [0.5, 0.6) is 0 Å². The van der Waals surface area contributed by atoms with E-state index in [-0.39, 0.29) is 14.8 Å². The van der Waals surface area contributed by atoms with Gasteiger partial charge in [-0.3, -0.25) is 4.79 Å². The summed E-state index contributed by atoms with van der Waals surface area (Å²) in [6.07, 6.45) is 0. The summed E-state index contributed by atoms with van der Waals surface area (Å²) in [5, 5.41) is 2.61. The summed E-state index contributed by atoms with van der Waals surface area (Å²) in [7, 11) is -2.28. The Morgan fingerprint density at radius 2 is 1.91 bits per heavy atom. The first-order chi connectivity index (χ1) is 10.2. The van der Waals surface area contributed by atoms with Gasteiger partial charge in [0.15, 0.2) is 0 Å². The number of sulfonamides is 1. The van der Waals surface area contributed by atoms with Crippen molar-refractivity contribution in [3.8, 4) is 0 Å². The lowest BCUT2D eigenvalue weighted by molar-refractivity contribution is 0.102. The molecule has 5 nitrogen and oxygen atoms in total. The van der Waals surface area contributed by atoms with Gasteiger partial charge in [0, 0.05) is 5.69 Å². The number of nitrogens with one attached hydrogen (secondary N) is 2. The average Bonchev–Trinajstić information content (AvgIpc) is 2.79. The van der Waals surface area contributed by atoms with E-state index in [1.807, 2.05) is 0 Å². The molecule has 0 atom stereocenters. The molecule has 9 heteroatoms. The van der Waals surface area contributed by atoms with Crippen LogP contribution in [0.1, 0.15) is 15.9 Å². The minimum Gasteiger partial charge on any atom is -0.322 e. The molecular formula is C13H12Cl2N2O3S2. The summed E-state index contributed by atoms with van der Waals surface area (Å²) < 4.78 is 26.8. The molecule has 1 aromatic carbocycles. The minimum absolute atomic E-state index is 0.0993. The number of carbonyl (C=O) groups excluding carboxylic acids is 1. The number of halogens is 2. The van der Waals surface area contributed by atoms with Crippen molar-refractivity contribution in [3.63, 3.8) is 0 Å². The number of hydrogen-bond donors (Lipinski definition) is 2. The molecule has 1 heterocycles. The van der Waals surface area contributed by atoms with Crippen LogP contribution in [0.15, 0.2) is 29.2 Å². The van der Waals surface area contributed by atoms with Gasteiger partial charge in [-0.25, -0.2) is 13.1 Å². The summed E-state index contributed by atoms with van der Waals surface area (Å²) in [5.41, 5.74) is 1.17. The number of benzene rings is 1. The molecule has 118 valence electrons. The van der Waals surface area contributed by atoms with Crippen LogP contribution in [0, 0.1) is 6.92 Å². The van der Waals surface area contributed by atoms with Gasteiger partial charge in [-0.15, -0.1) is 11.3 Å². The maximum absolute atomic E-state index is 12.2. The maximum Gasteiger partial charge on any atom is 0.258 e. The molecule has 0 unspecified atom stereocenters. The number of amides is 1. The Morgan fingerprint density at radius 3 is 2.45 bits per heavy atom.